The van der Waals surface area contributed by atoms with Crippen LogP contribution in [0.4, 0.5) is 24.5 Å². The molecule has 0 unspecified atom stereocenters. The number of benzene rings is 2. The number of alkyl halides is 3. The smallest absolute Gasteiger partial charge is 0.343 e. The van der Waals surface area contributed by atoms with Gasteiger partial charge in [-0.3, -0.25) is 19.7 Å². The van der Waals surface area contributed by atoms with Gasteiger partial charge in [-0.1, -0.05) is 12.1 Å². The number of nitro groups is 1. The van der Waals surface area contributed by atoms with Gasteiger partial charge in [0, 0.05) is 17.7 Å². The average Bonchev–Trinajstić information content (AvgIpc) is 2.59. The Morgan fingerprint density at radius 2 is 1.65 bits per heavy atom. The van der Waals surface area contributed by atoms with Crippen LogP contribution in [0.5, 0.6) is 0 Å². The number of rotatable bonds is 5. The van der Waals surface area contributed by atoms with E-state index < -0.39 is 40.7 Å². The van der Waals surface area contributed by atoms with Gasteiger partial charge in [0.05, 0.1) is 22.7 Å². The number of carbonyl (C=O) groups is 2. The lowest BCUT2D eigenvalue weighted by atomic mass is 10.1. The largest absolute Gasteiger partial charge is 0.418 e. The Kier molecular flexibility index (Phi) is 5.55. The summed E-state index contributed by atoms with van der Waals surface area (Å²) in [7, 11) is 0. The van der Waals surface area contributed by atoms with E-state index in [0.29, 0.717) is 0 Å². The first-order chi connectivity index (χ1) is 12.2. The van der Waals surface area contributed by atoms with Crippen LogP contribution in [0.2, 0.25) is 0 Å². The summed E-state index contributed by atoms with van der Waals surface area (Å²) >= 11 is 0. The first kappa shape index (κ1) is 18.9. The molecule has 7 nitrogen and oxygen atoms in total. The minimum Gasteiger partial charge on any atom is -0.343 e. The Bertz CT molecular complexity index is 835. The molecule has 0 saturated carbocycles. The van der Waals surface area contributed by atoms with Crippen LogP contribution >= 0.6 is 0 Å². The maximum absolute atomic E-state index is 12.9. The monoisotopic (exact) mass is 367 g/mol. The first-order valence-electron chi connectivity index (χ1n) is 7.17. The second-order valence-electron chi connectivity index (χ2n) is 5.08. The number of nitrogens with zero attached hydrogens (tertiary/aromatic N) is 1. The molecule has 2 N–H and O–H groups in total. The first-order valence-corrected chi connectivity index (χ1v) is 7.17. The van der Waals surface area contributed by atoms with Gasteiger partial charge in [-0.05, 0) is 24.3 Å². The summed E-state index contributed by atoms with van der Waals surface area (Å²) in [5.74, 6) is -1.55. The molecule has 0 aromatic heterocycles. The maximum atomic E-state index is 12.9. The van der Waals surface area contributed by atoms with Gasteiger partial charge < -0.3 is 10.6 Å². The van der Waals surface area contributed by atoms with Crippen molar-refractivity contribution in [3.8, 4) is 0 Å². The van der Waals surface area contributed by atoms with E-state index in [1.807, 2.05) is 0 Å². The second-order valence-corrected chi connectivity index (χ2v) is 5.08. The van der Waals surface area contributed by atoms with E-state index >= 15 is 0 Å². The molecule has 0 spiro atoms. The Hall–Kier alpha value is -3.43. The molecule has 2 rings (SSSR count). The zero-order valence-corrected chi connectivity index (χ0v) is 13.0. The Labute approximate surface area is 145 Å². The number of hydrogen-bond acceptors (Lipinski definition) is 4. The number of amides is 2. The fourth-order valence-corrected chi connectivity index (χ4v) is 2.03. The number of carbonyl (C=O) groups excluding carboxylic acids is 2. The van der Waals surface area contributed by atoms with Crippen LogP contribution in [-0.2, 0) is 11.0 Å². The van der Waals surface area contributed by atoms with Gasteiger partial charge >= 0.3 is 6.18 Å². The lowest BCUT2D eigenvalue weighted by Gasteiger charge is -2.13. The van der Waals surface area contributed by atoms with E-state index in [1.54, 1.807) is 0 Å². The number of hydrogen-bond donors (Lipinski definition) is 2. The highest BCUT2D eigenvalue weighted by molar-refractivity contribution is 5.99. The van der Waals surface area contributed by atoms with Gasteiger partial charge in [-0.25, -0.2) is 0 Å². The predicted molar refractivity (Wildman–Crippen MR) is 85.5 cm³/mol. The van der Waals surface area contributed by atoms with Crippen LogP contribution in [0.3, 0.4) is 0 Å². The van der Waals surface area contributed by atoms with Crippen LogP contribution < -0.4 is 10.6 Å². The van der Waals surface area contributed by atoms with Gasteiger partial charge in [0.2, 0.25) is 5.91 Å². The van der Waals surface area contributed by atoms with Crippen LogP contribution in [0.25, 0.3) is 0 Å². The van der Waals surface area contributed by atoms with Crippen molar-refractivity contribution >= 4 is 23.2 Å². The van der Waals surface area contributed by atoms with Crippen molar-refractivity contribution in [3.05, 3.63) is 69.8 Å². The van der Waals surface area contributed by atoms with E-state index in [1.165, 1.54) is 24.3 Å². The van der Waals surface area contributed by atoms with E-state index in [4.69, 9.17) is 0 Å². The molecule has 136 valence electrons. The highest BCUT2D eigenvalue weighted by Gasteiger charge is 2.33. The number of nitrogens with one attached hydrogen (secondary N) is 2. The Morgan fingerprint density at radius 1 is 1.04 bits per heavy atom. The lowest BCUT2D eigenvalue weighted by Crippen LogP contribution is -2.33. The van der Waals surface area contributed by atoms with Gasteiger partial charge in [-0.2, -0.15) is 13.2 Å². The molecule has 0 fully saturated rings. The molecule has 0 aliphatic rings. The normalized spacial score (nSPS) is 10.9. The molecule has 26 heavy (non-hydrogen) atoms. The summed E-state index contributed by atoms with van der Waals surface area (Å²) in [5, 5.41) is 14.8. The third kappa shape index (κ3) is 4.79. The molecule has 0 radical (unpaired) electrons. The third-order valence-electron chi connectivity index (χ3n) is 3.26. The van der Waals surface area contributed by atoms with Crippen molar-refractivity contribution < 1.29 is 27.7 Å². The van der Waals surface area contributed by atoms with Crippen molar-refractivity contribution in [2.24, 2.45) is 0 Å². The van der Waals surface area contributed by atoms with Crippen LogP contribution in [0, 0.1) is 10.1 Å². The van der Waals surface area contributed by atoms with E-state index in [0.717, 1.165) is 24.3 Å². The zero-order chi connectivity index (χ0) is 19.3. The molecule has 0 bridgehead atoms. The molecule has 0 atom stereocenters. The van der Waals surface area contributed by atoms with Crippen LogP contribution in [0.1, 0.15) is 15.9 Å². The van der Waals surface area contributed by atoms with Crippen molar-refractivity contribution in [1.82, 2.24) is 5.32 Å². The number of non-ortho nitro benzene ring substituents is 1. The Balaban J connectivity index is 1.97. The topological polar surface area (TPSA) is 101 Å². The van der Waals surface area contributed by atoms with Crippen LogP contribution in [0.15, 0.2) is 48.5 Å². The summed E-state index contributed by atoms with van der Waals surface area (Å²) in [6.07, 6.45) is -4.63. The summed E-state index contributed by atoms with van der Waals surface area (Å²) in [4.78, 5) is 33.6. The molecule has 0 saturated heterocycles. The molecular formula is C16H12F3N3O4. The van der Waals surface area contributed by atoms with Crippen molar-refractivity contribution in [2.75, 3.05) is 11.9 Å². The zero-order valence-electron chi connectivity index (χ0n) is 13.0. The predicted octanol–water partition coefficient (Wildman–Crippen LogP) is 2.98. The minimum absolute atomic E-state index is 0.0686. The quantitative estimate of drug-likeness (QED) is 0.627. The fraction of sp³-hybridized carbons (Fsp3) is 0.125. The number of halogens is 3. The minimum atomic E-state index is -4.63. The molecule has 0 aliphatic carbocycles. The molecule has 10 heteroatoms. The number of anilines is 1. The van der Waals surface area contributed by atoms with Gasteiger partial charge in [0.1, 0.15) is 0 Å². The van der Waals surface area contributed by atoms with Crippen molar-refractivity contribution in [3.63, 3.8) is 0 Å². The second kappa shape index (κ2) is 7.64. The van der Waals surface area contributed by atoms with Crippen molar-refractivity contribution in [1.29, 1.82) is 0 Å². The molecule has 2 aromatic carbocycles. The lowest BCUT2D eigenvalue weighted by molar-refractivity contribution is -0.384. The SMILES string of the molecule is O=C(CNC(=O)c1ccc([N+](=O)[O-])cc1)Nc1ccccc1C(F)(F)F. The van der Waals surface area contributed by atoms with E-state index in [9.17, 15) is 32.9 Å². The molecule has 2 aromatic rings. The van der Waals surface area contributed by atoms with Gasteiger partial charge in [0.15, 0.2) is 0 Å². The average molecular weight is 367 g/mol. The number of para-hydroxylation sites is 1. The fourth-order valence-electron chi connectivity index (χ4n) is 2.03. The standard InChI is InChI=1S/C16H12F3N3O4/c17-16(18,19)12-3-1-2-4-13(12)21-14(23)9-20-15(24)10-5-7-11(8-6-10)22(25)26/h1-8H,9H2,(H,20,24)(H,21,23). The van der Waals surface area contributed by atoms with Gasteiger partial charge in [0.25, 0.3) is 11.6 Å². The van der Waals surface area contributed by atoms with Crippen molar-refractivity contribution in [2.45, 2.75) is 6.18 Å². The highest BCUT2D eigenvalue weighted by Crippen LogP contribution is 2.34. The highest BCUT2D eigenvalue weighted by atomic mass is 19.4. The summed E-state index contributed by atoms with van der Waals surface area (Å²) < 4.78 is 38.6. The summed E-state index contributed by atoms with van der Waals surface area (Å²) in [6.45, 7) is -0.567. The summed E-state index contributed by atoms with van der Waals surface area (Å²) in [6, 6.07) is 9.08. The third-order valence-corrected chi connectivity index (χ3v) is 3.26. The molecule has 0 aliphatic heterocycles. The van der Waals surface area contributed by atoms with E-state index in [2.05, 4.69) is 10.6 Å². The molecular weight excluding hydrogens is 355 g/mol. The molecule has 0 heterocycles. The van der Waals surface area contributed by atoms with E-state index in [-0.39, 0.29) is 11.3 Å². The van der Waals surface area contributed by atoms with Crippen LogP contribution in [-0.4, -0.2) is 23.3 Å². The Morgan fingerprint density at radius 3 is 2.23 bits per heavy atom. The molecule has 2 amide bonds. The maximum Gasteiger partial charge on any atom is 0.418 e. The number of nitro benzene ring substituents is 1. The van der Waals surface area contributed by atoms with Gasteiger partial charge in [-0.15, -0.1) is 0 Å². The summed E-state index contributed by atoms with van der Waals surface area (Å²) in [5.41, 5.74) is -1.56.